The van der Waals surface area contributed by atoms with Gasteiger partial charge in [0.05, 0.1) is 69.8 Å². The Morgan fingerprint density at radius 3 is 1.62 bits per heavy atom. The van der Waals surface area contributed by atoms with Crippen LogP contribution >= 0.6 is 0 Å². The summed E-state index contributed by atoms with van der Waals surface area (Å²) in [5.74, 6) is -2.22. The summed E-state index contributed by atoms with van der Waals surface area (Å²) < 4.78 is 132. The summed E-state index contributed by atoms with van der Waals surface area (Å²) in [4.78, 5) is 80.0. The number of benzene rings is 1. The molecule has 436 valence electrons. The van der Waals surface area contributed by atoms with E-state index in [0.717, 1.165) is 0 Å². The van der Waals surface area contributed by atoms with Crippen LogP contribution < -0.4 is 26.6 Å². The molecule has 3 saturated heterocycles. The van der Waals surface area contributed by atoms with Crippen LogP contribution in [-0.2, 0) is 85.4 Å². The van der Waals surface area contributed by atoms with Gasteiger partial charge in [0.2, 0.25) is 0 Å². The van der Waals surface area contributed by atoms with E-state index in [1.54, 1.807) is 39.0 Å². The van der Waals surface area contributed by atoms with Crippen molar-refractivity contribution in [3.05, 3.63) is 35.9 Å². The van der Waals surface area contributed by atoms with Crippen LogP contribution in [0.1, 0.15) is 65.2 Å². The number of amides is 5. The van der Waals surface area contributed by atoms with E-state index in [9.17, 15) is 50.7 Å². The SMILES string of the molecule is CCOC(=O)NCC1OC(OC2C(NC(=O)OCC)CC(NC(=O)OCC)C(OC3OC4COC(C)(C)OC4C(NC(=O)OCC)C3OC(=O)c3ccccc3)C2O)C(NC(=O)OCC)C(OS(C)(=O)=O)C1OS(C)(=O)=O. The van der Waals surface area contributed by atoms with Crippen LogP contribution in [0.4, 0.5) is 24.0 Å². The quantitative estimate of drug-likeness (QED) is 0.0545. The van der Waals surface area contributed by atoms with Gasteiger partial charge in [-0.3, -0.25) is 8.37 Å². The number of hydrogen-bond acceptors (Lipinski definition) is 25. The summed E-state index contributed by atoms with van der Waals surface area (Å²) in [7, 11) is -9.22. The van der Waals surface area contributed by atoms with Gasteiger partial charge in [-0.15, -0.1) is 0 Å². The molecule has 15 atom stereocenters. The van der Waals surface area contributed by atoms with Gasteiger partial charge >= 0.3 is 36.4 Å². The lowest BCUT2D eigenvalue weighted by Gasteiger charge is -2.52. The Labute approximate surface area is 444 Å². The summed E-state index contributed by atoms with van der Waals surface area (Å²) in [6.07, 6.45) is -24.3. The zero-order chi connectivity index (χ0) is 56.8. The van der Waals surface area contributed by atoms with E-state index in [1.807, 2.05) is 0 Å². The number of alkyl carbamates (subject to hydrolysis) is 5. The summed E-state index contributed by atoms with van der Waals surface area (Å²) in [6, 6.07) is 1.40. The Morgan fingerprint density at radius 1 is 0.623 bits per heavy atom. The van der Waals surface area contributed by atoms with Crippen LogP contribution in [0.2, 0.25) is 0 Å². The predicted molar refractivity (Wildman–Crippen MR) is 258 cm³/mol. The molecule has 5 rings (SSSR count). The molecule has 1 aromatic carbocycles. The van der Waals surface area contributed by atoms with E-state index in [4.69, 9.17) is 65.2 Å². The molecule has 77 heavy (non-hydrogen) atoms. The van der Waals surface area contributed by atoms with Crippen LogP contribution in [0.15, 0.2) is 30.3 Å². The maximum atomic E-state index is 14.0. The Balaban J connectivity index is 1.68. The second-order valence-corrected chi connectivity index (χ2v) is 21.1. The molecule has 3 heterocycles. The van der Waals surface area contributed by atoms with Crippen molar-refractivity contribution in [2.75, 3.05) is 58.7 Å². The van der Waals surface area contributed by atoms with Crippen molar-refractivity contribution in [3.8, 4) is 0 Å². The molecule has 0 spiro atoms. The minimum absolute atomic E-state index is 0.0499. The van der Waals surface area contributed by atoms with Crippen molar-refractivity contribution in [2.24, 2.45) is 0 Å². The lowest BCUT2D eigenvalue weighted by Crippen LogP contribution is -2.73. The van der Waals surface area contributed by atoms with Crippen LogP contribution in [0.25, 0.3) is 0 Å². The number of aliphatic hydroxyl groups is 1. The largest absolute Gasteiger partial charge is 0.451 e. The molecule has 4 fully saturated rings. The molecule has 0 radical (unpaired) electrons. The zero-order valence-electron chi connectivity index (χ0n) is 43.8. The first kappa shape index (κ1) is 62.4. The minimum Gasteiger partial charge on any atom is -0.451 e. The average Bonchev–Trinajstić information content (AvgIpc) is 3.33. The molecule has 15 unspecified atom stereocenters. The molecule has 1 aromatic rings. The first-order chi connectivity index (χ1) is 36.3. The van der Waals surface area contributed by atoms with Crippen molar-refractivity contribution in [2.45, 2.75) is 152 Å². The third kappa shape index (κ3) is 18.1. The third-order valence-corrected chi connectivity index (χ3v) is 12.8. The van der Waals surface area contributed by atoms with Crippen molar-refractivity contribution in [1.29, 1.82) is 0 Å². The van der Waals surface area contributed by atoms with Crippen molar-refractivity contribution in [1.82, 2.24) is 26.6 Å². The lowest BCUT2D eigenvalue weighted by atomic mass is 9.83. The van der Waals surface area contributed by atoms with E-state index >= 15 is 0 Å². The molecular weight excluding hydrogens is 1070 g/mol. The standard InChI is InChI=1S/C45H69N5O25S2/c1-10-62-40(53)46-21-26-34(74-76(8,58)59)35(75-77(9,60)61)29(50-44(57)66-14-5)38(68-26)71-31-24(47-41(54)63-11-2)20-25(48-42(55)64-12-3)32(30(31)51)72-39-36(70-37(52)23-18-16-15-17-19-23)28(49-43(56)65-13-4)33-27(69-39)22-67-45(6,7)73-33/h15-19,24-36,38-39,51H,10-14,20-22H2,1-9H3,(H,46,53)(H,47,54)(H,48,55)(H,49,56)(H,50,57). The highest BCUT2D eigenvalue weighted by Crippen LogP contribution is 2.38. The lowest BCUT2D eigenvalue weighted by molar-refractivity contribution is -0.376. The summed E-state index contributed by atoms with van der Waals surface area (Å²) in [5.41, 5.74) is 0.0499. The first-order valence-corrected chi connectivity index (χ1v) is 28.2. The number of esters is 1. The molecule has 0 bridgehead atoms. The fraction of sp³-hybridized carbons (Fsp3) is 0.733. The topological polar surface area (TPSA) is 380 Å². The molecule has 3 aliphatic heterocycles. The van der Waals surface area contributed by atoms with Gasteiger partial charge in [0.15, 0.2) is 24.5 Å². The maximum absolute atomic E-state index is 14.0. The normalized spacial score (nSPS) is 30.9. The van der Waals surface area contributed by atoms with E-state index < -0.39 is 167 Å². The molecule has 4 aliphatic rings. The number of ether oxygens (including phenoxy) is 12. The Hall–Kier alpha value is -5.42. The second kappa shape index (κ2) is 27.9. The van der Waals surface area contributed by atoms with Gasteiger partial charge < -0.3 is 88.5 Å². The van der Waals surface area contributed by atoms with Crippen molar-refractivity contribution in [3.63, 3.8) is 0 Å². The van der Waals surface area contributed by atoms with Gasteiger partial charge in [0.25, 0.3) is 20.2 Å². The molecular formula is C45H69N5O25S2. The highest BCUT2D eigenvalue weighted by Gasteiger charge is 2.59. The number of fused-ring (bicyclic) bond motifs is 1. The molecule has 32 heteroatoms. The monoisotopic (exact) mass is 1140 g/mol. The van der Waals surface area contributed by atoms with Gasteiger partial charge in [0, 0.05) is 6.54 Å². The van der Waals surface area contributed by atoms with Crippen molar-refractivity contribution < 1.29 is 116 Å². The van der Waals surface area contributed by atoms with Gasteiger partial charge in [0.1, 0.15) is 60.9 Å². The molecule has 5 amide bonds. The Bertz CT molecular complexity index is 2390. The van der Waals surface area contributed by atoms with Crippen LogP contribution in [0, 0.1) is 0 Å². The second-order valence-electron chi connectivity index (χ2n) is 17.9. The van der Waals surface area contributed by atoms with E-state index in [2.05, 4.69) is 26.6 Å². The molecule has 1 saturated carbocycles. The average molecular weight is 1140 g/mol. The number of nitrogens with one attached hydrogen (secondary N) is 5. The van der Waals surface area contributed by atoms with Gasteiger partial charge in [-0.1, -0.05) is 18.2 Å². The number of hydrogen-bond donors (Lipinski definition) is 6. The Kier molecular flexibility index (Phi) is 22.7. The van der Waals surface area contributed by atoms with E-state index in [1.165, 1.54) is 39.8 Å². The fourth-order valence-corrected chi connectivity index (χ4v) is 10.0. The smallest absolute Gasteiger partial charge is 0.407 e. The van der Waals surface area contributed by atoms with Gasteiger partial charge in [-0.05, 0) is 67.0 Å². The molecule has 6 N–H and O–H groups in total. The molecule has 0 aromatic heterocycles. The number of rotatable bonds is 21. The maximum Gasteiger partial charge on any atom is 0.407 e. The van der Waals surface area contributed by atoms with Crippen molar-refractivity contribution >= 4 is 56.7 Å². The van der Waals surface area contributed by atoms with E-state index in [-0.39, 0.29) is 45.2 Å². The van der Waals surface area contributed by atoms with Crippen LogP contribution in [-0.4, -0.2) is 215 Å². The Morgan fingerprint density at radius 2 is 1.10 bits per heavy atom. The van der Waals surface area contributed by atoms with Crippen LogP contribution in [0.5, 0.6) is 0 Å². The third-order valence-electron chi connectivity index (χ3n) is 11.7. The zero-order valence-corrected chi connectivity index (χ0v) is 45.4. The van der Waals surface area contributed by atoms with Gasteiger partial charge in [-0.25, -0.2) is 28.8 Å². The molecule has 1 aliphatic carbocycles. The molecule has 30 nitrogen and oxygen atoms in total. The number of carbonyl (C=O) groups excluding carboxylic acids is 6. The van der Waals surface area contributed by atoms with Gasteiger partial charge in [-0.2, -0.15) is 16.8 Å². The summed E-state index contributed by atoms with van der Waals surface area (Å²) >= 11 is 0. The number of carbonyl (C=O) groups is 6. The highest BCUT2D eigenvalue weighted by molar-refractivity contribution is 7.86. The fourth-order valence-electron chi connectivity index (χ4n) is 8.76. The van der Waals surface area contributed by atoms with Crippen LogP contribution in [0.3, 0.4) is 0 Å². The summed E-state index contributed by atoms with van der Waals surface area (Å²) in [5, 5.41) is 25.4. The minimum atomic E-state index is -4.65. The highest BCUT2D eigenvalue weighted by atomic mass is 32.2. The number of aliphatic hydroxyl groups excluding tert-OH is 1. The van der Waals surface area contributed by atoms with E-state index in [0.29, 0.717) is 12.5 Å². The predicted octanol–water partition coefficient (Wildman–Crippen LogP) is 0.243. The first-order valence-electron chi connectivity index (χ1n) is 24.6. The summed E-state index contributed by atoms with van der Waals surface area (Å²) in [6.45, 7) is 8.99.